The molecule has 5 nitrogen and oxygen atoms in total. The number of amides is 2. The molecule has 1 aliphatic heterocycles. The van der Waals surface area contributed by atoms with Gasteiger partial charge in [0.1, 0.15) is 5.82 Å². The van der Waals surface area contributed by atoms with Gasteiger partial charge < -0.3 is 9.42 Å². The number of benzene rings is 1. The summed E-state index contributed by atoms with van der Waals surface area (Å²) in [5, 5.41) is 6.72. The number of aromatic nitrogens is 1. The number of anilines is 1. The number of likely N-dealkylation sites (tertiary alicyclic amines) is 1. The van der Waals surface area contributed by atoms with Crippen molar-refractivity contribution >= 4 is 29.6 Å². The number of rotatable bonds is 2. The summed E-state index contributed by atoms with van der Waals surface area (Å²) in [7, 11) is 0. The average Bonchev–Trinajstić information content (AvgIpc) is 2.92. The van der Waals surface area contributed by atoms with Gasteiger partial charge in [-0.25, -0.2) is 9.18 Å². The second-order valence-electron chi connectivity index (χ2n) is 6.61. The molecule has 7 heteroatoms. The number of aryl methyl sites for hydroxylation is 1. The van der Waals surface area contributed by atoms with E-state index in [0.717, 1.165) is 16.8 Å². The van der Waals surface area contributed by atoms with Gasteiger partial charge in [0.25, 0.3) is 0 Å². The third-order valence-corrected chi connectivity index (χ3v) is 5.08. The van der Waals surface area contributed by atoms with Crippen LogP contribution in [0.1, 0.15) is 30.2 Å². The van der Waals surface area contributed by atoms with Crippen LogP contribution in [0.4, 0.5) is 15.1 Å². The maximum Gasteiger partial charge on any atom is 0.324 e. The Hall–Kier alpha value is -2.34. The van der Waals surface area contributed by atoms with Crippen LogP contribution < -0.4 is 5.32 Å². The predicted molar refractivity (Wildman–Crippen MR) is 99.7 cm³/mol. The van der Waals surface area contributed by atoms with Gasteiger partial charge in [-0.2, -0.15) is 0 Å². The summed E-state index contributed by atoms with van der Waals surface area (Å²) >= 11 is 5.84. The van der Waals surface area contributed by atoms with Crippen molar-refractivity contribution in [3.05, 3.63) is 51.4 Å². The van der Waals surface area contributed by atoms with Gasteiger partial charge in [0.15, 0.2) is 0 Å². The number of piperidine rings is 1. The van der Waals surface area contributed by atoms with Crippen molar-refractivity contribution in [1.82, 2.24) is 10.1 Å². The highest BCUT2D eigenvalue weighted by atomic mass is 35.5. The number of urea groups is 1. The number of hydrogen-bond donors (Lipinski definition) is 1. The lowest BCUT2D eigenvalue weighted by Crippen LogP contribution is -2.42. The molecule has 1 aromatic heterocycles. The van der Waals surface area contributed by atoms with Crippen LogP contribution in [0.2, 0.25) is 5.02 Å². The smallest absolute Gasteiger partial charge is 0.324 e. The van der Waals surface area contributed by atoms with Crippen LogP contribution in [0.3, 0.4) is 0 Å². The summed E-state index contributed by atoms with van der Waals surface area (Å²) in [6.45, 7) is 6.80. The normalized spacial score (nSPS) is 19.0. The summed E-state index contributed by atoms with van der Waals surface area (Å²) in [6, 6.07) is 4.74. The van der Waals surface area contributed by atoms with Crippen LogP contribution in [-0.4, -0.2) is 29.2 Å². The first-order valence-corrected chi connectivity index (χ1v) is 8.88. The summed E-state index contributed by atoms with van der Waals surface area (Å²) < 4.78 is 19.2. The van der Waals surface area contributed by atoms with E-state index in [9.17, 15) is 9.18 Å². The van der Waals surface area contributed by atoms with Crippen molar-refractivity contribution in [3.63, 3.8) is 0 Å². The van der Waals surface area contributed by atoms with Gasteiger partial charge in [0.2, 0.25) is 5.88 Å². The fourth-order valence-corrected chi connectivity index (χ4v) is 3.17. The topological polar surface area (TPSA) is 58.4 Å². The van der Waals surface area contributed by atoms with E-state index in [1.54, 1.807) is 17.0 Å². The number of nitrogens with zero attached hydrogens (tertiary/aromatic N) is 2. The molecule has 26 heavy (non-hydrogen) atoms. The molecule has 0 radical (unpaired) electrons. The van der Waals surface area contributed by atoms with Crippen molar-refractivity contribution in [2.24, 2.45) is 5.92 Å². The molecule has 2 aromatic rings. The molecular formula is C19H21ClFN3O2. The lowest BCUT2D eigenvalue weighted by molar-refractivity contribution is 0.197. The molecule has 0 saturated carbocycles. The van der Waals surface area contributed by atoms with Gasteiger partial charge in [0, 0.05) is 24.2 Å². The van der Waals surface area contributed by atoms with E-state index in [4.69, 9.17) is 16.1 Å². The quantitative estimate of drug-likeness (QED) is 0.797. The second-order valence-corrected chi connectivity index (χ2v) is 7.02. The summed E-state index contributed by atoms with van der Waals surface area (Å²) in [5.74, 6) is 0.0816. The van der Waals surface area contributed by atoms with Crippen LogP contribution >= 0.6 is 11.6 Å². The number of hydrogen-bond acceptors (Lipinski definition) is 3. The van der Waals surface area contributed by atoms with Crippen molar-refractivity contribution < 1.29 is 13.7 Å². The molecule has 2 heterocycles. The van der Waals surface area contributed by atoms with Crippen molar-refractivity contribution in [2.75, 3.05) is 18.4 Å². The van der Waals surface area contributed by atoms with E-state index in [1.807, 2.05) is 26.8 Å². The molecule has 0 aliphatic carbocycles. The highest BCUT2D eigenvalue weighted by Crippen LogP contribution is 2.28. The first kappa shape index (κ1) is 18.5. The Labute approximate surface area is 156 Å². The molecule has 0 bridgehead atoms. The van der Waals surface area contributed by atoms with E-state index in [2.05, 4.69) is 10.5 Å². The summed E-state index contributed by atoms with van der Waals surface area (Å²) in [5.41, 5.74) is 3.15. The van der Waals surface area contributed by atoms with Gasteiger partial charge in [-0.15, -0.1) is 0 Å². The molecule has 0 spiro atoms. The Morgan fingerprint density at radius 1 is 1.46 bits per heavy atom. The molecule has 1 unspecified atom stereocenters. The van der Waals surface area contributed by atoms with Gasteiger partial charge in [0.05, 0.1) is 10.7 Å². The van der Waals surface area contributed by atoms with E-state index in [0.29, 0.717) is 31.0 Å². The van der Waals surface area contributed by atoms with Crippen LogP contribution in [-0.2, 0) is 0 Å². The molecule has 1 fully saturated rings. The standard InChI is InChI=1S/C19H21ClFN3O2/c1-11-10-24(19(25)22-18-12(2)13(3)23-26-18)8-7-14(11)9-15-5-4-6-16(20)17(15)21/h4-6,9,11H,7-8,10H2,1-3H3,(H,22,25). The van der Waals surface area contributed by atoms with E-state index >= 15 is 0 Å². The highest BCUT2D eigenvalue weighted by molar-refractivity contribution is 6.30. The molecule has 138 valence electrons. The maximum absolute atomic E-state index is 14.1. The Morgan fingerprint density at radius 3 is 2.88 bits per heavy atom. The second kappa shape index (κ2) is 7.50. The average molecular weight is 378 g/mol. The number of carbonyl (C=O) groups is 1. The largest absolute Gasteiger partial charge is 0.338 e. The zero-order valence-corrected chi connectivity index (χ0v) is 15.7. The number of nitrogens with one attached hydrogen (secondary N) is 1. The molecule has 3 rings (SSSR count). The van der Waals surface area contributed by atoms with Gasteiger partial charge in [-0.05, 0) is 32.3 Å². The molecule has 1 aromatic carbocycles. The lowest BCUT2D eigenvalue weighted by atomic mass is 9.91. The number of halogens is 2. The third-order valence-electron chi connectivity index (χ3n) is 4.78. The maximum atomic E-state index is 14.1. The van der Waals surface area contributed by atoms with E-state index in [1.165, 1.54) is 6.07 Å². The van der Waals surface area contributed by atoms with Gasteiger partial charge in [-0.3, -0.25) is 5.32 Å². The fraction of sp³-hybridized carbons (Fsp3) is 0.368. The van der Waals surface area contributed by atoms with Crippen LogP contribution in [0.15, 0.2) is 28.3 Å². The van der Waals surface area contributed by atoms with Crippen molar-refractivity contribution in [2.45, 2.75) is 27.2 Å². The Balaban J connectivity index is 1.68. The molecule has 1 saturated heterocycles. The monoisotopic (exact) mass is 377 g/mol. The minimum absolute atomic E-state index is 0.113. The molecular weight excluding hydrogens is 357 g/mol. The minimum Gasteiger partial charge on any atom is -0.338 e. The van der Waals surface area contributed by atoms with E-state index < -0.39 is 5.82 Å². The SMILES string of the molecule is Cc1noc(NC(=O)N2CCC(=Cc3cccc(Cl)c3F)C(C)C2)c1C. The van der Waals surface area contributed by atoms with Crippen molar-refractivity contribution in [3.8, 4) is 0 Å². The fourth-order valence-electron chi connectivity index (χ4n) is 2.99. The van der Waals surface area contributed by atoms with Crippen molar-refractivity contribution in [1.29, 1.82) is 0 Å². The zero-order chi connectivity index (χ0) is 18.8. The first-order chi connectivity index (χ1) is 12.4. The Bertz CT molecular complexity index is 862. The third kappa shape index (κ3) is 3.75. The highest BCUT2D eigenvalue weighted by Gasteiger charge is 2.26. The summed E-state index contributed by atoms with van der Waals surface area (Å²) in [4.78, 5) is 14.2. The van der Waals surface area contributed by atoms with E-state index in [-0.39, 0.29) is 17.0 Å². The van der Waals surface area contributed by atoms with Crippen LogP contribution in [0, 0.1) is 25.6 Å². The molecule has 1 aliphatic rings. The molecule has 1 N–H and O–H groups in total. The predicted octanol–water partition coefficient (Wildman–Crippen LogP) is 5.04. The number of carbonyl (C=O) groups excluding carboxylic acids is 1. The zero-order valence-electron chi connectivity index (χ0n) is 15.0. The van der Waals surface area contributed by atoms with Gasteiger partial charge in [-0.1, -0.05) is 47.5 Å². The lowest BCUT2D eigenvalue weighted by Gasteiger charge is -2.33. The summed E-state index contributed by atoms with van der Waals surface area (Å²) in [6.07, 6.45) is 2.51. The Morgan fingerprint density at radius 2 is 2.23 bits per heavy atom. The first-order valence-electron chi connectivity index (χ1n) is 8.50. The Kier molecular flexibility index (Phi) is 5.32. The molecule has 2 amide bonds. The van der Waals surface area contributed by atoms with Crippen LogP contribution in [0.25, 0.3) is 6.08 Å². The van der Waals surface area contributed by atoms with Crippen LogP contribution in [0.5, 0.6) is 0 Å². The molecule has 1 atom stereocenters. The minimum atomic E-state index is -0.412. The van der Waals surface area contributed by atoms with Gasteiger partial charge >= 0.3 is 6.03 Å².